The highest BCUT2D eigenvalue weighted by Gasteiger charge is 2.23. The Morgan fingerprint density at radius 3 is 2.74 bits per heavy atom. The van der Waals surface area contributed by atoms with Gasteiger partial charge in [-0.1, -0.05) is 6.92 Å². The van der Waals surface area contributed by atoms with E-state index in [1.54, 1.807) is 17.4 Å². The molecule has 6 heteroatoms. The van der Waals surface area contributed by atoms with Crippen molar-refractivity contribution in [3.8, 4) is 0 Å². The molecule has 0 radical (unpaired) electrons. The fourth-order valence-electron chi connectivity index (χ4n) is 1.82. The lowest BCUT2D eigenvalue weighted by atomic mass is 10.3. The van der Waals surface area contributed by atoms with Crippen molar-refractivity contribution >= 4 is 21.4 Å². The van der Waals surface area contributed by atoms with Crippen molar-refractivity contribution in [2.75, 3.05) is 0 Å². The van der Waals surface area contributed by atoms with Crippen molar-refractivity contribution in [1.82, 2.24) is 10.0 Å². The molecule has 19 heavy (non-hydrogen) atoms. The van der Waals surface area contributed by atoms with Gasteiger partial charge in [0, 0.05) is 28.4 Å². The molecule has 0 bridgehead atoms. The average molecular weight is 302 g/mol. The highest BCUT2D eigenvalue weighted by atomic mass is 32.2. The monoisotopic (exact) mass is 302 g/mol. The first-order valence-corrected chi connectivity index (χ1v) is 9.07. The Morgan fingerprint density at radius 1 is 1.47 bits per heavy atom. The molecule has 2 N–H and O–H groups in total. The van der Waals surface area contributed by atoms with Crippen LogP contribution < -0.4 is 10.0 Å². The molecule has 0 spiro atoms. The molecule has 1 aliphatic rings. The highest BCUT2D eigenvalue weighted by Crippen LogP contribution is 2.27. The molecule has 0 aliphatic heterocycles. The predicted molar refractivity (Wildman–Crippen MR) is 79.0 cm³/mol. The molecule has 0 aromatic carbocycles. The summed E-state index contributed by atoms with van der Waals surface area (Å²) in [4.78, 5) is 2.39. The van der Waals surface area contributed by atoms with Gasteiger partial charge in [-0.25, -0.2) is 13.1 Å². The minimum atomic E-state index is -3.37. The Hall–Kier alpha value is -0.430. The van der Waals surface area contributed by atoms with Gasteiger partial charge in [0.15, 0.2) is 0 Å². The molecular formula is C13H22N2O2S2. The molecule has 4 nitrogen and oxygen atoms in total. The average Bonchev–Trinajstić information content (AvgIpc) is 3.08. The zero-order chi connectivity index (χ0) is 14.0. The van der Waals surface area contributed by atoms with Gasteiger partial charge in [0.05, 0.1) is 4.90 Å². The molecule has 1 unspecified atom stereocenters. The number of hydrogen-bond donors (Lipinski definition) is 2. The zero-order valence-electron chi connectivity index (χ0n) is 11.7. The van der Waals surface area contributed by atoms with Crippen molar-refractivity contribution in [1.29, 1.82) is 0 Å². The number of hydrogen-bond acceptors (Lipinski definition) is 4. The van der Waals surface area contributed by atoms with E-state index in [0.717, 1.165) is 22.7 Å². The van der Waals surface area contributed by atoms with Crippen LogP contribution in [-0.4, -0.2) is 20.5 Å². The number of sulfonamides is 1. The second kappa shape index (κ2) is 5.91. The maximum Gasteiger partial charge on any atom is 0.241 e. The van der Waals surface area contributed by atoms with Crippen LogP contribution in [0.1, 0.15) is 42.9 Å². The Labute approximate surface area is 119 Å². The van der Waals surface area contributed by atoms with Crippen LogP contribution >= 0.6 is 11.3 Å². The van der Waals surface area contributed by atoms with Gasteiger partial charge in [0.1, 0.15) is 0 Å². The molecular weight excluding hydrogens is 280 g/mol. The van der Waals surface area contributed by atoms with Gasteiger partial charge < -0.3 is 5.32 Å². The number of aryl methyl sites for hydroxylation is 1. The molecule has 1 aromatic heterocycles. The molecule has 1 saturated carbocycles. The SMILES string of the molecule is CCC(C)NS(=O)(=O)c1cc(CNC2CC2)sc1C. The summed E-state index contributed by atoms with van der Waals surface area (Å²) in [5, 5.41) is 3.41. The van der Waals surface area contributed by atoms with Gasteiger partial charge in [0.25, 0.3) is 0 Å². The Morgan fingerprint density at radius 2 is 2.16 bits per heavy atom. The van der Waals surface area contributed by atoms with E-state index in [1.807, 2.05) is 20.8 Å². The number of thiophene rings is 1. The topological polar surface area (TPSA) is 58.2 Å². The summed E-state index contributed by atoms with van der Waals surface area (Å²) in [5.74, 6) is 0. The first kappa shape index (κ1) is 15.0. The van der Waals surface area contributed by atoms with Gasteiger partial charge in [-0.15, -0.1) is 11.3 Å². The van der Waals surface area contributed by atoms with Crippen LogP contribution in [0.15, 0.2) is 11.0 Å². The maximum absolute atomic E-state index is 12.3. The highest BCUT2D eigenvalue weighted by molar-refractivity contribution is 7.89. The van der Waals surface area contributed by atoms with Gasteiger partial charge in [0.2, 0.25) is 10.0 Å². The van der Waals surface area contributed by atoms with Crippen molar-refractivity contribution in [3.05, 3.63) is 15.8 Å². The lowest BCUT2D eigenvalue weighted by Gasteiger charge is -2.11. The molecule has 0 saturated heterocycles. The molecule has 0 amide bonds. The maximum atomic E-state index is 12.3. The van der Waals surface area contributed by atoms with Gasteiger partial charge in [-0.3, -0.25) is 0 Å². The zero-order valence-corrected chi connectivity index (χ0v) is 13.3. The third-order valence-corrected chi connectivity index (χ3v) is 6.22. The predicted octanol–water partition coefficient (Wildman–Crippen LogP) is 2.39. The summed E-state index contributed by atoms with van der Waals surface area (Å²) in [6, 6.07) is 2.41. The molecule has 1 atom stereocenters. The standard InChI is InChI=1S/C13H22N2O2S2/c1-4-9(2)15-19(16,17)13-7-12(18-10(13)3)8-14-11-5-6-11/h7,9,11,14-15H,4-6,8H2,1-3H3. The number of rotatable bonds is 7. The van der Waals surface area contributed by atoms with Crippen LogP contribution in [0.4, 0.5) is 0 Å². The fraction of sp³-hybridized carbons (Fsp3) is 0.692. The quantitative estimate of drug-likeness (QED) is 0.813. The summed E-state index contributed by atoms with van der Waals surface area (Å²) < 4.78 is 27.2. The Kier molecular flexibility index (Phi) is 4.66. The van der Waals surface area contributed by atoms with E-state index in [1.165, 1.54) is 12.8 Å². The van der Waals surface area contributed by atoms with Crippen LogP contribution in [-0.2, 0) is 16.6 Å². The largest absolute Gasteiger partial charge is 0.309 e. The molecule has 1 fully saturated rings. The minimum Gasteiger partial charge on any atom is -0.309 e. The van der Waals surface area contributed by atoms with Crippen molar-refractivity contribution in [2.45, 2.75) is 63.6 Å². The van der Waals surface area contributed by atoms with E-state index in [9.17, 15) is 8.42 Å². The van der Waals surface area contributed by atoms with Crippen molar-refractivity contribution < 1.29 is 8.42 Å². The van der Waals surface area contributed by atoms with Crippen LogP contribution in [0.3, 0.4) is 0 Å². The van der Waals surface area contributed by atoms with E-state index in [-0.39, 0.29) is 6.04 Å². The second-order valence-electron chi connectivity index (χ2n) is 5.22. The minimum absolute atomic E-state index is 0.0302. The fourth-order valence-corrected chi connectivity index (χ4v) is 4.74. The molecule has 2 rings (SSSR count). The summed E-state index contributed by atoms with van der Waals surface area (Å²) in [5.41, 5.74) is 0. The van der Waals surface area contributed by atoms with Gasteiger partial charge in [-0.05, 0) is 39.2 Å². The van der Waals surface area contributed by atoms with Crippen LogP contribution in [0.5, 0.6) is 0 Å². The summed E-state index contributed by atoms with van der Waals surface area (Å²) >= 11 is 1.56. The van der Waals surface area contributed by atoms with Crippen LogP contribution in [0.25, 0.3) is 0 Å². The Bertz CT molecular complexity index is 533. The van der Waals surface area contributed by atoms with E-state index in [4.69, 9.17) is 0 Å². The van der Waals surface area contributed by atoms with Crippen LogP contribution in [0, 0.1) is 6.92 Å². The smallest absolute Gasteiger partial charge is 0.241 e. The number of nitrogens with one attached hydrogen (secondary N) is 2. The summed E-state index contributed by atoms with van der Waals surface area (Å²) in [6.45, 7) is 6.50. The van der Waals surface area contributed by atoms with Gasteiger partial charge >= 0.3 is 0 Å². The third-order valence-electron chi connectivity index (χ3n) is 3.32. The van der Waals surface area contributed by atoms with E-state index < -0.39 is 10.0 Å². The molecule has 1 aliphatic carbocycles. The first-order chi connectivity index (χ1) is 8.92. The van der Waals surface area contributed by atoms with Crippen molar-refractivity contribution in [3.63, 3.8) is 0 Å². The third kappa shape index (κ3) is 4.02. The van der Waals surface area contributed by atoms with Gasteiger partial charge in [-0.2, -0.15) is 0 Å². The first-order valence-electron chi connectivity index (χ1n) is 6.77. The van der Waals surface area contributed by atoms with E-state index in [2.05, 4.69) is 10.0 Å². The summed E-state index contributed by atoms with van der Waals surface area (Å²) in [7, 11) is -3.37. The van der Waals surface area contributed by atoms with E-state index >= 15 is 0 Å². The molecule has 1 heterocycles. The summed E-state index contributed by atoms with van der Waals surface area (Å²) in [6.07, 6.45) is 3.27. The molecule has 1 aromatic rings. The normalized spacial score (nSPS) is 17.6. The lowest BCUT2D eigenvalue weighted by molar-refractivity contribution is 0.555. The molecule has 108 valence electrons. The Balaban J connectivity index is 2.09. The second-order valence-corrected chi connectivity index (χ2v) is 8.24. The van der Waals surface area contributed by atoms with E-state index in [0.29, 0.717) is 10.9 Å². The van der Waals surface area contributed by atoms with Crippen LogP contribution in [0.2, 0.25) is 0 Å². The van der Waals surface area contributed by atoms with Crippen molar-refractivity contribution in [2.24, 2.45) is 0 Å². The lowest BCUT2D eigenvalue weighted by Crippen LogP contribution is -2.32.